The van der Waals surface area contributed by atoms with Crippen LogP contribution in [0.25, 0.3) is 0 Å². The van der Waals surface area contributed by atoms with Gasteiger partial charge in [0.25, 0.3) is 5.91 Å². The minimum atomic E-state index is -0.744. The summed E-state index contributed by atoms with van der Waals surface area (Å²) in [6.07, 6.45) is 4.12. The maximum Gasteiger partial charge on any atom is 0.253 e. The lowest BCUT2D eigenvalue weighted by Crippen LogP contribution is -2.30. The Morgan fingerprint density at radius 1 is 1.37 bits per heavy atom. The molecule has 1 aromatic carbocycles. The molecule has 1 saturated carbocycles. The van der Waals surface area contributed by atoms with Gasteiger partial charge in [0.15, 0.2) is 0 Å². The molecule has 0 unspecified atom stereocenters. The van der Waals surface area contributed by atoms with E-state index in [9.17, 15) is 9.18 Å². The maximum absolute atomic E-state index is 13.6. The third-order valence-electron chi connectivity index (χ3n) is 3.63. The molecule has 3 N–H and O–H groups in total. The molecule has 1 fully saturated rings. The van der Waals surface area contributed by atoms with Crippen molar-refractivity contribution in [1.82, 2.24) is 0 Å². The van der Waals surface area contributed by atoms with Gasteiger partial charge < -0.3 is 15.8 Å². The van der Waals surface area contributed by atoms with Gasteiger partial charge in [0.05, 0.1) is 17.4 Å². The molecule has 2 rings (SSSR count). The lowest BCUT2D eigenvalue weighted by Gasteiger charge is -2.29. The molecule has 0 aromatic heterocycles. The first kappa shape index (κ1) is 13.8. The second-order valence-electron chi connectivity index (χ2n) is 4.88. The number of benzene rings is 1. The van der Waals surface area contributed by atoms with Crippen molar-refractivity contribution in [2.75, 3.05) is 12.4 Å². The number of anilines is 1. The van der Waals surface area contributed by atoms with Gasteiger partial charge in [0, 0.05) is 13.2 Å². The van der Waals surface area contributed by atoms with Gasteiger partial charge in [-0.15, -0.1) is 0 Å². The summed E-state index contributed by atoms with van der Waals surface area (Å²) in [5.74, 6) is -1.32. The van der Waals surface area contributed by atoms with Crippen LogP contribution in [0.2, 0.25) is 0 Å². The molecular weight excluding hydrogens is 247 g/mol. The third kappa shape index (κ3) is 3.23. The molecular formula is C14H19FN2O2. The van der Waals surface area contributed by atoms with Crippen molar-refractivity contribution in [3.05, 3.63) is 29.6 Å². The number of amides is 1. The van der Waals surface area contributed by atoms with E-state index >= 15 is 0 Å². The van der Waals surface area contributed by atoms with Crippen molar-refractivity contribution in [3.8, 4) is 0 Å². The van der Waals surface area contributed by atoms with Gasteiger partial charge in [-0.1, -0.05) is 6.07 Å². The van der Waals surface area contributed by atoms with E-state index in [2.05, 4.69) is 5.32 Å². The SMILES string of the molecule is COC1CCC(Nc2cccc(F)c2C(N)=O)CC1. The number of hydrogen-bond acceptors (Lipinski definition) is 3. The van der Waals surface area contributed by atoms with Crippen LogP contribution in [0.3, 0.4) is 0 Å². The zero-order valence-corrected chi connectivity index (χ0v) is 11.0. The Bertz CT molecular complexity index is 457. The van der Waals surface area contributed by atoms with Crippen LogP contribution in [0.15, 0.2) is 18.2 Å². The highest BCUT2D eigenvalue weighted by atomic mass is 19.1. The lowest BCUT2D eigenvalue weighted by molar-refractivity contribution is 0.0681. The van der Waals surface area contributed by atoms with Crippen LogP contribution in [-0.2, 0) is 4.74 Å². The van der Waals surface area contributed by atoms with Gasteiger partial charge in [-0.2, -0.15) is 0 Å². The average Bonchev–Trinajstić information content (AvgIpc) is 2.39. The smallest absolute Gasteiger partial charge is 0.253 e. The molecule has 0 heterocycles. The van der Waals surface area contributed by atoms with Crippen LogP contribution < -0.4 is 11.1 Å². The number of hydrogen-bond donors (Lipinski definition) is 2. The normalized spacial score (nSPS) is 23.1. The largest absolute Gasteiger partial charge is 0.382 e. The minimum absolute atomic E-state index is 0.0589. The zero-order chi connectivity index (χ0) is 13.8. The summed E-state index contributed by atoms with van der Waals surface area (Å²) in [5, 5.41) is 3.22. The first-order valence-corrected chi connectivity index (χ1v) is 6.49. The Morgan fingerprint density at radius 3 is 2.63 bits per heavy atom. The van der Waals surface area contributed by atoms with E-state index in [1.165, 1.54) is 6.07 Å². The molecule has 1 amide bonds. The molecule has 0 bridgehead atoms. The summed E-state index contributed by atoms with van der Waals surface area (Å²) in [7, 11) is 1.72. The van der Waals surface area contributed by atoms with Gasteiger partial charge >= 0.3 is 0 Å². The first-order chi connectivity index (χ1) is 9.11. The molecule has 0 atom stereocenters. The topological polar surface area (TPSA) is 64.3 Å². The number of halogens is 1. The molecule has 19 heavy (non-hydrogen) atoms. The molecule has 4 nitrogen and oxygen atoms in total. The molecule has 0 radical (unpaired) electrons. The molecule has 1 aromatic rings. The third-order valence-corrected chi connectivity index (χ3v) is 3.63. The molecule has 1 aliphatic carbocycles. The van der Waals surface area contributed by atoms with E-state index < -0.39 is 11.7 Å². The van der Waals surface area contributed by atoms with Crippen LogP contribution in [0, 0.1) is 5.82 Å². The predicted octanol–water partition coefficient (Wildman–Crippen LogP) is 2.29. The Labute approximate surface area is 112 Å². The van der Waals surface area contributed by atoms with Gasteiger partial charge in [-0.3, -0.25) is 4.79 Å². The number of nitrogens with two attached hydrogens (primary N) is 1. The molecule has 104 valence electrons. The van der Waals surface area contributed by atoms with Crippen molar-refractivity contribution in [2.24, 2.45) is 5.73 Å². The Balaban J connectivity index is 2.08. The summed E-state index contributed by atoms with van der Waals surface area (Å²) in [5.41, 5.74) is 5.65. The molecule has 0 spiro atoms. The van der Waals surface area contributed by atoms with Crippen molar-refractivity contribution in [1.29, 1.82) is 0 Å². The summed E-state index contributed by atoms with van der Waals surface area (Å²) < 4.78 is 18.9. The first-order valence-electron chi connectivity index (χ1n) is 6.49. The zero-order valence-electron chi connectivity index (χ0n) is 11.0. The predicted molar refractivity (Wildman–Crippen MR) is 71.6 cm³/mol. The number of methoxy groups -OCH3 is 1. The molecule has 1 aliphatic rings. The fourth-order valence-electron chi connectivity index (χ4n) is 2.56. The summed E-state index contributed by atoms with van der Waals surface area (Å²) in [6.45, 7) is 0. The van der Waals surface area contributed by atoms with Crippen LogP contribution in [0.4, 0.5) is 10.1 Å². The highest BCUT2D eigenvalue weighted by Crippen LogP contribution is 2.26. The van der Waals surface area contributed by atoms with Crippen molar-refractivity contribution in [3.63, 3.8) is 0 Å². The van der Waals surface area contributed by atoms with Gasteiger partial charge in [-0.05, 0) is 37.8 Å². The van der Waals surface area contributed by atoms with E-state index in [4.69, 9.17) is 10.5 Å². The number of ether oxygens (including phenoxy) is 1. The average molecular weight is 266 g/mol. The van der Waals surface area contributed by atoms with E-state index in [0.717, 1.165) is 25.7 Å². The Morgan fingerprint density at radius 2 is 2.05 bits per heavy atom. The van der Waals surface area contributed by atoms with E-state index in [0.29, 0.717) is 11.8 Å². The highest BCUT2D eigenvalue weighted by molar-refractivity contribution is 5.98. The lowest BCUT2D eigenvalue weighted by atomic mass is 9.92. The van der Waals surface area contributed by atoms with Gasteiger partial charge in [0.2, 0.25) is 0 Å². The maximum atomic E-state index is 13.6. The van der Waals surface area contributed by atoms with Crippen molar-refractivity contribution in [2.45, 2.75) is 37.8 Å². The second kappa shape index (κ2) is 6.02. The van der Waals surface area contributed by atoms with Crippen molar-refractivity contribution >= 4 is 11.6 Å². The van der Waals surface area contributed by atoms with Crippen LogP contribution in [0.1, 0.15) is 36.0 Å². The van der Waals surface area contributed by atoms with Crippen LogP contribution in [-0.4, -0.2) is 25.2 Å². The molecule has 0 saturated heterocycles. The summed E-state index contributed by atoms with van der Waals surface area (Å²) >= 11 is 0. The number of primary amides is 1. The summed E-state index contributed by atoms with van der Waals surface area (Å²) in [6, 6.07) is 4.73. The van der Waals surface area contributed by atoms with Crippen LogP contribution in [0.5, 0.6) is 0 Å². The molecule has 0 aliphatic heterocycles. The van der Waals surface area contributed by atoms with Gasteiger partial charge in [0.1, 0.15) is 5.82 Å². The Hall–Kier alpha value is -1.62. The monoisotopic (exact) mass is 266 g/mol. The number of nitrogens with one attached hydrogen (secondary N) is 1. The van der Waals surface area contributed by atoms with E-state index in [1.807, 2.05) is 0 Å². The fraction of sp³-hybridized carbons (Fsp3) is 0.500. The van der Waals surface area contributed by atoms with E-state index in [-0.39, 0.29) is 11.6 Å². The van der Waals surface area contributed by atoms with Crippen molar-refractivity contribution < 1.29 is 13.9 Å². The highest BCUT2D eigenvalue weighted by Gasteiger charge is 2.22. The minimum Gasteiger partial charge on any atom is -0.382 e. The van der Waals surface area contributed by atoms with Gasteiger partial charge in [-0.25, -0.2) is 4.39 Å². The fourth-order valence-corrected chi connectivity index (χ4v) is 2.56. The van der Waals surface area contributed by atoms with Crippen LogP contribution >= 0.6 is 0 Å². The standard InChI is InChI=1S/C14H19FN2O2/c1-19-10-7-5-9(6-8-10)17-12-4-2-3-11(15)13(12)14(16)18/h2-4,9-10,17H,5-8H2,1H3,(H2,16,18). The quantitative estimate of drug-likeness (QED) is 0.878. The van der Waals surface area contributed by atoms with E-state index in [1.54, 1.807) is 19.2 Å². The Kier molecular flexibility index (Phi) is 4.37. The second-order valence-corrected chi connectivity index (χ2v) is 4.88. The number of carbonyl (C=O) groups excluding carboxylic acids is 1. The number of rotatable bonds is 4. The summed E-state index contributed by atoms with van der Waals surface area (Å²) in [4.78, 5) is 11.3. The molecule has 5 heteroatoms. The number of carbonyl (C=O) groups is 1.